The average Bonchev–Trinajstić information content (AvgIpc) is 2.79. The van der Waals surface area contributed by atoms with Crippen molar-refractivity contribution in [3.8, 4) is 0 Å². The number of aromatic nitrogens is 2. The second-order valence-corrected chi connectivity index (χ2v) is 6.34. The lowest BCUT2D eigenvalue weighted by atomic mass is 9.88. The molecule has 94 valence electrons. The average molecular weight is 364 g/mol. The van der Waals surface area contributed by atoms with E-state index in [1.165, 1.54) is 25.7 Å². The van der Waals surface area contributed by atoms with E-state index in [9.17, 15) is 4.79 Å². The van der Waals surface area contributed by atoms with Gasteiger partial charge in [0.2, 0.25) is 0 Å². The summed E-state index contributed by atoms with van der Waals surface area (Å²) < 4.78 is 2.49. The van der Waals surface area contributed by atoms with Gasteiger partial charge in [0.25, 0.3) is 5.56 Å². The van der Waals surface area contributed by atoms with E-state index in [-0.39, 0.29) is 11.0 Å². The summed E-state index contributed by atoms with van der Waals surface area (Å²) in [5, 5.41) is 0. The maximum Gasteiger partial charge on any atom is 0.267 e. The van der Waals surface area contributed by atoms with Gasteiger partial charge in [0.05, 0.1) is 15.6 Å². The zero-order chi connectivity index (χ0) is 12.5. The molecule has 0 aromatic carbocycles. The fourth-order valence-electron chi connectivity index (χ4n) is 2.51. The highest BCUT2D eigenvalue weighted by molar-refractivity contribution is 14.1. The summed E-state index contributed by atoms with van der Waals surface area (Å²) in [4.78, 5) is 16.4. The Morgan fingerprint density at radius 2 is 2.18 bits per heavy atom. The molecular weight excluding hydrogens is 347 g/mol. The first-order valence-corrected chi connectivity index (χ1v) is 7.61. The minimum absolute atomic E-state index is 0.0890. The van der Waals surface area contributed by atoms with Gasteiger partial charge in [-0.15, -0.1) is 0 Å². The molecule has 1 fully saturated rings. The largest absolute Gasteiger partial charge is 0.298 e. The first-order chi connectivity index (χ1) is 8.08. The van der Waals surface area contributed by atoms with Gasteiger partial charge in [0.1, 0.15) is 0 Å². The van der Waals surface area contributed by atoms with Gasteiger partial charge >= 0.3 is 0 Å². The second kappa shape index (κ2) is 5.30. The summed E-state index contributed by atoms with van der Waals surface area (Å²) in [6.45, 7) is 2.63. The number of thiol groups is 1. The van der Waals surface area contributed by atoms with Gasteiger partial charge in [-0.3, -0.25) is 9.36 Å². The molecule has 0 aliphatic heterocycles. The number of hydrogen-bond donors (Lipinski definition) is 1. The van der Waals surface area contributed by atoms with E-state index in [1.54, 1.807) is 10.9 Å². The van der Waals surface area contributed by atoms with E-state index in [4.69, 9.17) is 0 Å². The van der Waals surface area contributed by atoms with Crippen molar-refractivity contribution in [1.29, 1.82) is 0 Å². The third kappa shape index (κ3) is 2.70. The van der Waals surface area contributed by atoms with Crippen LogP contribution in [0, 0.1) is 15.9 Å². The van der Waals surface area contributed by atoms with Crippen LogP contribution in [0.5, 0.6) is 0 Å². The molecule has 1 saturated carbocycles. The van der Waals surface area contributed by atoms with Crippen LogP contribution < -0.4 is 5.56 Å². The van der Waals surface area contributed by atoms with Crippen molar-refractivity contribution >= 4 is 35.2 Å². The Balaban J connectivity index is 2.30. The van der Waals surface area contributed by atoms with Gasteiger partial charge in [-0.2, -0.15) is 12.6 Å². The molecule has 0 radical (unpaired) electrons. The molecular formula is C12H17IN2OS. The molecule has 1 aliphatic rings. The fourth-order valence-corrected chi connectivity index (χ4v) is 3.38. The number of nitrogens with zero attached hydrogens (tertiary/aromatic N) is 2. The van der Waals surface area contributed by atoms with Crippen molar-refractivity contribution in [2.75, 3.05) is 5.75 Å². The maximum absolute atomic E-state index is 12.1. The maximum atomic E-state index is 12.1. The van der Waals surface area contributed by atoms with Crippen molar-refractivity contribution in [1.82, 2.24) is 9.55 Å². The van der Waals surface area contributed by atoms with Gasteiger partial charge in [-0.25, -0.2) is 4.98 Å². The lowest BCUT2D eigenvalue weighted by molar-refractivity contribution is 0.284. The smallest absolute Gasteiger partial charge is 0.267 e. The Bertz CT molecular complexity index is 466. The van der Waals surface area contributed by atoms with E-state index in [1.807, 2.05) is 6.92 Å². The van der Waals surface area contributed by atoms with Crippen molar-refractivity contribution < 1.29 is 0 Å². The van der Waals surface area contributed by atoms with Gasteiger partial charge in [-0.1, -0.05) is 12.8 Å². The lowest BCUT2D eigenvalue weighted by Gasteiger charge is -2.27. The first kappa shape index (κ1) is 13.4. The molecule has 1 aromatic heterocycles. The summed E-state index contributed by atoms with van der Waals surface area (Å²) in [7, 11) is 0. The summed E-state index contributed by atoms with van der Waals surface area (Å²) >= 11 is 6.56. The van der Waals surface area contributed by atoms with Crippen LogP contribution in [0.4, 0.5) is 0 Å². The van der Waals surface area contributed by atoms with Gasteiger partial charge in [-0.05, 0) is 53.5 Å². The Hall–Kier alpha value is -0.0400. The minimum Gasteiger partial charge on any atom is -0.298 e. The third-order valence-corrected chi connectivity index (χ3v) is 5.58. The Kier molecular flexibility index (Phi) is 4.18. The van der Waals surface area contributed by atoms with Crippen LogP contribution in [0.2, 0.25) is 0 Å². The van der Waals surface area contributed by atoms with Crippen LogP contribution in [0.15, 0.2) is 11.1 Å². The minimum atomic E-state index is 0.0890. The summed E-state index contributed by atoms with van der Waals surface area (Å²) in [5.41, 5.74) is 1.11. The van der Waals surface area contributed by atoms with Gasteiger partial charge < -0.3 is 0 Å². The molecule has 0 spiro atoms. The van der Waals surface area contributed by atoms with Crippen molar-refractivity contribution in [3.63, 3.8) is 0 Å². The molecule has 0 atom stereocenters. The quantitative estimate of drug-likeness (QED) is 0.661. The monoisotopic (exact) mass is 364 g/mol. The summed E-state index contributed by atoms with van der Waals surface area (Å²) in [6, 6.07) is 0. The zero-order valence-electron chi connectivity index (χ0n) is 9.95. The molecule has 17 heavy (non-hydrogen) atoms. The molecule has 1 aliphatic carbocycles. The highest BCUT2D eigenvalue weighted by Gasteiger charge is 2.33. The highest BCUT2D eigenvalue weighted by Crippen LogP contribution is 2.40. The molecule has 3 nitrogen and oxygen atoms in total. The van der Waals surface area contributed by atoms with E-state index in [0.29, 0.717) is 0 Å². The van der Waals surface area contributed by atoms with Crippen LogP contribution in [0.25, 0.3) is 0 Å². The predicted octanol–water partition coefficient (Wildman–Crippen LogP) is 2.65. The van der Waals surface area contributed by atoms with Crippen molar-refractivity contribution in [2.45, 2.75) is 39.2 Å². The van der Waals surface area contributed by atoms with Crippen LogP contribution in [0.3, 0.4) is 0 Å². The van der Waals surface area contributed by atoms with Gasteiger partial charge in [0.15, 0.2) is 0 Å². The molecule has 0 saturated heterocycles. The molecule has 0 unspecified atom stereocenters. The third-order valence-electron chi connectivity index (χ3n) is 3.66. The van der Waals surface area contributed by atoms with Crippen molar-refractivity contribution in [3.05, 3.63) is 25.9 Å². The molecule has 1 heterocycles. The predicted molar refractivity (Wildman–Crippen MR) is 80.7 cm³/mol. The standard InChI is InChI=1S/C12H17IN2OS/c1-9-10(13)11(16)15(8-14-9)6-12(7-17)4-2-3-5-12/h8,17H,2-7H2,1H3. The first-order valence-electron chi connectivity index (χ1n) is 5.90. The number of aryl methyl sites for hydroxylation is 1. The molecule has 0 bridgehead atoms. The van der Waals surface area contributed by atoms with Crippen LogP contribution in [-0.4, -0.2) is 15.3 Å². The second-order valence-electron chi connectivity index (χ2n) is 4.94. The molecule has 0 N–H and O–H groups in total. The SMILES string of the molecule is Cc1ncn(CC2(CS)CCCC2)c(=O)c1I. The van der Waals surface area contributed by atoms with E-state index < -0.39 is 0 Å². The highest BCUT2D eigenvalue weighted by atomic mass is 127. The molecule has 1 aromatic rings. The molecule has 0 amide bonds. The van der Waals surface area contributed by atoms with Crippen LogP contribution >= 0.6 is 35.2 Å². The summed E-state index contributed by atoms with van der Waals surface area (Å²) in [6.07, 6.45) is 6.54. The van der Waals surface area contributed by atoms with Crippen LogP contribution in [-0.2, 0) is 6.54 Å². The lowest BCUT2D eigenvalue weighted by Crippen LogP contribution is -2.33. The van der Waals surface area contributed by atoms with Gasteiger partial charge in [0, 0.05) is 6.54 Å². The van der Waals surface area contributed by atoms with Crippen LogP contribution in [0.1, 0.15) is 31.4 Å². The van der Waals surface area contributed by atoms with E-state index in [2.05, 4.69) is 40.2 Å². The number of rotatable bonds is 3. The Morgan fingerprint density at radius 3 is 2.76 bits per heavy atom. The number of halogens is 1. The Labute approximate surface area is 121 Å². The number of hydrogen-bond acceptors (Lipinski definition) is 3. The van der Waals surface area contributed by atoms with E-state index in [0.717, 1.165) is 21.6 Å². The Morgan fingerprint density at radius 1 is 1.53 bits per heavy atom. The summed E-state index contributed by atoms with van der Waals surface area (Å²) in [5.74, 6) is 0.851. The normalized spacial score (nSPS) is 18.5. The fraction of sp³-hybridized carbons (Fsp3) is 0.667. The van der Waals surface area contributed by atoms with Crippen molar-refractivity contribution in [2.24, 2.45) is 5.41 Å². The molecule has 2 rings (SSSR count). The zero-order valence-corrected chi connectivity index (χ0v) is 13.0. The van der Waals surface area contributed by atoms with E-state index >= 15 is 0 Å². The molecule has 5 heteroatoms. The topological polar surface area (TPSA) is 34.9 Å².